The highest BCUT2D eigenvalue weighted by molar-refractivity contribution is 6.00. The molecule has 1 fully saturated rings. The zero-order chi connectivity index (χ0) is 21.0. The number of nitrogens with zero attached hydrogens (tertiary/aromatic N) is 5. The van der Waals surface area contributed by atoms with Crippen molar-refractivity contribution in [1.82, 2.24) is 24.5 Å². The highest BCUT2D eigenvalue weighted by Gasteiger charge is 2.29. The fourth-order valence-electron chi connectivity index (χ4n) is 4.45. The quantitative estimate of drug-likeness (QED) is 0.475. The van der Waals surface area contributed by atoms with Gasteiger partial charge in [-0.05, 0) is 31.0 Å². The largest absolute Gasteiger partial charge is 0.330 e. The summed E-state index contributed by atoms with van der Waals surface area (Å²) in [6.07, 6.45) is 10.8. The second-order valence-corrected chi connectivity index (χ2v) is 8.04. The summed E-state index contributed by atoms with van der Waals surface area (Å²) in [5, 5.41) is 4.54. The van der Waals surface area contributed by atoms with Crippen LogP contribution < -0.4 is 0 Å². The van der Waals surface area contributed by atoms with Crippen LogP contribution in [0.4, 0.5) is 0 Å². The van der Waals surface area contributed by atoms with Crippen molar-refractivity contribution in [2.45, 2.75) is 44.7 Å². The first-order valence-electron chi connectivity index (χ1n) is 10.9. The van der Waals surface area contributed by atoms with Crippen LogP contribution in [-0.2, 0) is 6.54 Å². The molecular weight excluding hydrogens is 386 g/mol. The number of aromatic nitrogens is 4. The lowest BCUT2D eigenvalue weighted by molar-refractivity contribution is 0.0613. The molecule has 0 N–H and O–H groups in total. The van der Waals surface area contributed by atoms with Gasteiger partial charge >= 0.3 is 0 Å². The number of carbonyl (C=O) groups excluding carboxylic acids is 1. The van der Waals surface area contributed by atoms with Gasteiger partial charge in [-0.3, -0.25) is 9.78 Å². The van der Waals surface area contributed by atoms with E-state index in [-0.39, 0.29) is 11.9 Å². The molecule has 0 saturated heterocycles. The first-order chi connectivity index (χ1) is 15.3. The van der Waals surface area contributed by atoms with Crippen molar-refractivity contribution < 1.29 is 4.79 Å². The van der Waals surface area contributed by atoms with Gasteiger partial charge in [0.15, 0.2) is 5.65 Å². The SMILES string of the molecule is O=C(c1cnn2c(-c3ccccc3)ccnc12)N(Cc1ccccn1)C1CCCCC1. The molecule has 0 bridgehead atoms. The van der Waals surface area contributed by atoms with Crippen molar-refractivity contribution in [3.63, 3.8) is 0 Å². The number of benzene rings is 1. The van der Waals surface area contributed by atoms with E-state index in [0.29, 0.717) is 17.8 Å². The van der Waals surface area contributed by atoms with Crippen LogP contribution in [0.25, 0.3) is 16.9 Å². The van der Waals surface area contributed by atoms with Crippen molar-refractivity contribution in [2.24, 2.45) is 0 Å². The molecular formula is C25H25N5O. The molecule has 3 heterocycles. The Morgan fingerprint density at radius 2 is 1.74 bits per heavy atom. The third kappa shape index (κ3) is 3.93. The van der Waals surface area contributed by atoms with Crippen LogP contribution in [0.1, 0.15) is 48.2 Å². The Balaban J connectivity index is 1.53. The first-order valence-corrected chi connectivity index (χ1v) is 10.9. The van der Waals surface area contributed by atoms with Crippen LogP contribution >= 0.6 is 0 Å². The van der Waals surface area contributed by atoms with Gasteiger partial charge in [0.25, 0.3) is 5.91 Å². The Bertz CT molecular complexity index is 1170. The number of fused-ring (bicyclic) bond motifs is 1. The number of pyridine rings is 1. The summed E-state index contributed by atoms with van der Waals surface area (Å²) in [5.41, 5.74) is 3.98. The monoisotopic (exact) mass is 411 g/mol. The summed E-state index contributed by atoms with van der Waals surface area (Å²) in [7, 11) is 0. The molecule has 4 aromatic rings. The fourth-order valence-corrected chi connectivity index (χ4v) is 4.45. The summed E-state index contributed by atoms with van der Waals surface area (Å²) >= 11 is 0. The van der Waals surface area contributed by atoms with Gasteiger partial charge in [-0.2, -0.15) is 5.10 Å². The number of amides is 1. The fraction of sp³-hybridized carbons (Fsp3) is 0.280. The van der Waals surface area contributed by atoms with Gasteiger partial charge in [0, 0.05) is 24.0 Å². The molecule has 0 radical (unpaired) electrons. The van der Waals surface area contributed by atoms with Gasteiger partial charge in [0.05, 0.1) is 24.1 Å². The zero-order valence-corrected chi connectivity index (χ0v) is 17.4. The molecule has 6 heteroatoms. The van der Waals surface area contributed by atoms with Crippen molar-refractivity contribution in [2.75, 3.05) is 0 Å². The van der Waals surface area contributed by atoms with Gasteiger partial charge in [0.2, 0.25) is 0 Å². The second-order valence-electron chi connectivity index (χ2n) is 8.04. The molecule has 31 heavy (non-hydrogen) atoms. The van der Waals surface area contributed by atoms with Crippen LogP contribution in [0.15, 0.2) is 73.2 Å². The number of carbonyl (C=O) groups is 1. The van der Waals surface area contributed by atoms with Crippen LogP contribution in [0.5, 0.6) is 0 Å². The standard InChI is InChI=1S/C25H25N5O/c31-25(29(21-12-5-2-6-13-21)18-20-11-7-8-15-26-20)22-17-28-30-23(14-16-27-24(22)30)19-9-3-1-4-10-19/h1,3-4,7-11,14-17,21H,2,5-6,12-13,18H2. The highest BCUT2D eigenvalue weighted by Crippen LogP contribution is 2.27. The Labute approximate surface area is 181 Å². The predicted octanol–water partition coefficient (Wildman–Crippen LogP) is 4.77. The molecule has 1 saturated carbocycles. The molecule has 5 rings (SSSR count). The smallest absolute Gasteiger partial charge is 0.259 e. The van der Waals surface area contributed by atoms with E-state index in [4.69, 9.17) is 0 Å². The van der Waals surface area contributed by atoms with Crippen LogP contribution in [0.2, 0.25) is 0 Å². The van der Waals surface area contributed by atoms with E-state index in [2.05, 4.69) is 15.1 Å². The lowest BCUT2D eigenvalue weighted by Crippen LogP contribution is -2.41. The molecule has 1 aliphatic rings. The number of hydrogen-bond acceptors (Lipinski definition) is 4. The lowest BCUT2D eigenvalue weighted by atomic mass is 9.93. The molecule has 1 aromatic carbocycles. The second kappa shape index (κ2) is 8.68. The van der Waals surface area contributed by atoms with E-state index >= 15 is 0 Å². The average Bonchev–Trinajstić information content (AvgIpc) is 3.28. The summed E-state index contributed by atoms with van der Waals surface area (Å²) in [5.74, 6) is -0.0229. The molecule has 1 aliphatic carbocycles. The topological polar surface area (TPSA) is 63.4 Å². The third-order valence-corrected chi connectivity index (χ3v) is 6.04. The lowest BCUT2D eigenvalue weighted by Gasteiger charge is -2.34. The Morgan fingerprint density at radius 1 is 0.935 bits per heavy atom. The minimum absolute atomic E-state index is 0.0229. The maximum Gasteiger partial charge on any atom is 0.259 e. The maximum absolute atomic E-state index is 13.8. The number of rotatable bonds is 5. The molecule has 0 aliphatic heterocycles. The normalized spacial score (nSPS) is 14.6. The van der Waals surface area contributed by atoms with Gasteiger partial charge in [-0.25, -0.2) is 9.50 Å². The van der Waals surface area contributed by atoms with Crippen LogP contribution in [0, 0.1) is 0 Å². The van der Waals surface area contributed by atoms with Crippen molar-refractivity contribution in [3.05, 3.63) is 84.4 Å². The molecule has 0 spiro atoms. The Hall–Kier alpha value is -3.54. The van der Waals surface area contributed by atoms with Crippen molar-refractivity contribution >= 4 is 11.6 Å². The zero-order valence-electron chi connectivity index (χ0n) is 17.4. The van der Waals surface area contributed by atoms with E-state index in [1.807, 2.05) is 59.5 Å². The molecule has 0 unspecified atom stereocenters. The summed E-state index contributed by atoms with van der Waals surface area (Å²) in [6, 6.07) is 18.0. The predicted molar refractivity (Wildman–Crippen MR) is 119 cm³/mol. The van der Waals surface area contributed by atoms with Gasteiger partial charge in [0.1, 0.15) is 5.56 Å². The minimum atomic E-state index is -0.0229. The first kappa shape index (κ1) is 19.4. The molecule has 0 atom stereocenters. The number of hydrogen-bond donors (Lipinski definition) is 0. The van der Waals surface area contributed by atoms with Crippen LogP contribution in [0.3, 0.4) is 0 Å². The van der Waals surface area contributed by atoms with Gasteiger partial charge < -0.3 is 4.90 Å². The van der Waals surface area contributed by atoms with E-state index in [1.165, 1.54) is 6.42 Å². The van der Waals surface area contributed by atoms with Gasteiger partial charge in [-0.1, -0.05) is 55.7 Å². The molecule has 3 aromatic heterocycles. The van der Waals surface area contributed by atoms with E-state index in [0.717, 1.165) is 42.6 Å². The highest BCUT2D eigenvalue weighted by atomic mass is 16.2. The molecule has 6 nitrogen and oxygen atoms in total. The van der Waals surface area contributed by atoms with Crippen LogP contribution in [-0.4, -0.2) is 36.4 Å². The Kier molecular flexibility index (Phi) is 5.44. The van der Waals surface area contributed by atoms with E-state index in [9.17, 15) is 4.79 Å². The molecule has 156 valence electrons. The van der Waals surface area contributed by atoms with E-state index < -0.39 is 0 Å². The van der Waals surface area contributed by atoms with Gasteiger partial charge in [-0.15, -0.1) is 0 Å². The third-order valence-electron chi connectivity index (χ3n) is 6.04. The van der Waals surface area contributed by atoms with Crippen molar-refractivity contribution in [3.8, 4) is 11.3 Å². The Morgan fingerprint density at radius 3 is 2.52 bits per heavy atom. The van der Waals surface area contributed by atoms with Crippen molar-refractivity contribution in [1.29, 1.82) is 0 Å². The minimum Gasteiger partial charge on any atom is -0.330 e. The van der Waals surface area contributed by atoms with E-state index in [1.54, 1.807) is 23.1 Å². The molecule has 1 amide bonds. The average molecular weight is 412 g/mol. The summed E-state index contributed by atoms with van der Waals surface area (Å²) < 4.78 is 1.77. The maximum atomic E-state index is 13.8. The summed E-state index contributed by atoms with van der Waals surface area (Å²) in [6.45, 7) is 0.500. The summed E-state index contributed by atoms with van der Waals surface area (Å²) in [4.78, 5) is 24.7.